The van der Waals surface area contributed by atoms with Gasteiger partial charge in [-0.2, -0.15) is 0 Å². The summed E-state index contributed by atoms with van der Waals surface area (Å²) >= 11 is 0. The van der Waals surface area contributed by atoms with Gasteiger partial charge in [0.2, 0.25) is 0 Å². The molecule has 0 saturated carbocycles. The van der Waals surface area contributed by atoms with Crippen LogP contribution in [0.2, 0.25) is 0 Å². The van der Waals surface area contributed by atoms with Crippen LogP contribution in [0.25, 0.3) is 110 Å². The van der Waals surface area contributed by atoms with Crippen molar-refractivity contribution in [3.05, 3.63) is 182 Å². The number of fused-ring (bicyclic) bond motifs is 10. The van der Waals surface area contributed by atoms with Crippen molar-refractivity contribution in [2.24, 2.45) is 0 Å². The topological polar surface area (TPSA) is 38.9 Å². The molecule has 9 aromatic carbocycles. The molecule has 2 aromatic heterocycles. The molecule has 0 spiro atoms. The second-order valence-electron chi connectivity index (χ2n) is 13.7. The van der Waals surface area contributed by atoms with E-state index in [0.717, 1.165) is 54.9 Å². The number of hydrogen-bond donors (Lipinski definition) is 0. The maximum absolute atomic E-state index is 6.44. The van der Waals surface area contributed by atoms with Crippen LogP contribution in [0.3, 0.4) is 0 Å². The summed E-state index contributed by atoms with van der Waals surface area (Å²) < 4.78 is 6.44. The number of aromatic nitrogens is 2. The molecule has 0 radical (unpaired) electrons. The minimum atomic E-state index is 0.913. The number of furan rings is 1. The van der Waals surface area contributed by atoms with Gasteiger partial charge in [-0.15, -0.1) is 0 Å². The van der Waals surface area contributed by atoms with Gasteiger partial charge < -0.3 is 4.42 Å². The predicted octanol–water partition coefficient (Wildman–Crippen LogP) is 13.7. The molecule has 0 aliphatic carbocycles. The Bertz CT molecular complexity index is 3190. The molecule has 0 unspecified atom stereocenters. The number of nitrogens with zero attached hydrogens (tertiary/aromatic N) is 2. The van der Waals surface area contributed by atoms with Crippen LogP contribution in [0.5, 0.6) is 0 Å². The predicted molar refractivity (Wildman–Crippen MR) is 221 cm³/mol. The van der Waals surface area contributed by atoms with Gasteiger partial charge in [0.05, 0.1) is 11.0 Å². The second kappa shape index (κ2) is 11.7. The van der Waals surface area contributed by atoms with Crippen LogP contribution in [0.15, 0.2) is 187 Å². The Kier molecular flexibility index (Phi) is 6.55. The molecule has 0 N–H and O–H groups in total. The van der Waals surface area contributed by atoms with Crippen LogP contribution < -0.4 is 0 Å². The fourth-order valence-electron chi connectivity index (χ4n) is 8.29. The Labute approximate surface area is 305 Å². The minimum Gasteiger partial charge on any atom is -0.455 e. The maximum atomic E-state index is 6.44. The molecule has 0 bridgehead atoms. The summed E-state index contributed by atoms with van der Waals surface area (Å²) in [6.07, 6.45) is 3.56. The van der Waals surface area contributed by atoms with E-state index in [4.69, 9.17) is 14.4 Å². The number of para-hydroxylation sites is 2. The van der Waals surface area contributed by atoms with Crippen LogP contribution in [0.4, 0.5) is 0 Å². The van der Waals surface area contributed by atoms with Crippen LogP contribution in [-0.2, 0) is 0 Å². The second-order valence-corrected chi connectivity index (χ2v) is 13.7. The summed E-state index contributed by atoms with van der Waals surface area (Å²) in [5.74, 6) is 0. The summed E-state index contributed by atoms with van der Waals surface area (Å²) in [7, 11) is 0. The van der Waals surface area contributed by atoms with E-state index in [1.807, 2.05) is 12.1 Å². The van der Waals surface area contributed by atoms with E-state index in [0.29, 0.717) is 0 Å². The smallest absolute Gasteiger partial charge is 0.143 e. The lowest BCUT2D eigenvalue weighted by atomic mass is 9.91. The van der Waals surface area contributed by atoms with Crippen LogP contribution in [0, 0.1) is 0 Å². The number of rotatable bonds is 4. The van der Waals surface area contributed by atoms with E-state index >= 15 is 0 Å². The average molecular weight is 675 g/mol. The van der Waals surface area contributed by atoms with Crippen LogP contribution in [-0.4, -0.2) is 9.97 Å². The lowest BCUT2D eigenvalue weighted by molar-refractivity contribution is 0.670. The zero-order chi connectivity index (χ0) is 34.9. The quantitative estimate of drug-likeness (QED) is 0.174. The van der Waals surface area contributed by atoms with Crippen molar-refractivity contribution in [1.82, 2.24) is 9.97 Å². The van der Waals surface area contributed by atoms with Crippen molar-refractivity contribution >= 4 is 65.3 Å². The Morgan fingerprint density at radius 2 is 0.830 bits per heavy atom. The van der Waals surface area contributed by atoms with Gasteiger partial charge in [0.25, 0.3) is 0 Å². The monoisotopic (exact) mass is 674 g/mol. The van der Waals surface area contributed by atoms with E-state index < -0.39 is 0 Å². The minimum absolute atomic E-state index is 0.913. The average Bonchev–Trinajstić information content (AvgIpc) is 3.62. The fraction of sp³-hybridized carbons (Fsp3) is 0. The highest BCUT2D eigenvalue weighted by Crippen LogP contribution is 2.41. The molecule has 0 aliphatic rings. The van der Waals surface area contributed by atoms with E-state index in [1.54, 1.807) is 12.4 Å². The molecule has 53 heavy (non-hydrogen) atoms. The first-order chi connectivity index (χ1) is 26.3. The summed E-state index contributed by atoms with van der Waals surface area (Å²) in [5, 5.41) is 9.34. The van der Waals surface area contributed by atoms with E-state index in [1.165, 1.54) is 54.9 Å². The first-order valence-electron chi connectivity index (χ1n) is 18.0. The van der Waals surface area contributed by atoms with E-state index in [2.05, 4.69) is 158 Å². The van der Waals surface area contributed by atoms with E-state index in [-0.39, 0.29) is 0 Å². The molecule has 3 heteroatoms. The van der Waals surface area contributed by atoms with Crippen LogP contribution >= 0.6 is 0 Å². The van der Waals surface area contributed by atoms with Gasteiger partial charge >= 0.3 is 0 Å². The zero-order valence-electron chi connectivity index (χ0n) is 28.6. The third-order valence-electron chi connectivity index (χ3n) is 10.8. The summed E-state index contributed by atoms with van der Waals surface area (Å²) in [4.78, 5) is 9.52. The molecule has 0 atom stereocenters. The first kappa shape index (κ1) is 29.6. The highest BCUT2D eigenvalue weighted by molar-refractivity contribution is 6.23. The molecule has 2 heterocycles. The van der Waals surface area contributed by atoms with Crippen molar-refractivity contribution in [2.45, 2.75) is 0 Å². The molecule has 0 amide bonds. The number of hydrogen-bond acceptors (Lipinski definition) is 3. The Morgan fingerprint density at radius 1 is 0.302 bits per heavy atom. The molecule has 0 aliphatic heterocycles. The molecule has 0 fully saturated rings. The lowest BCUT2D eigenvalue weighted by Gasteiger charge is -2.13. The molecule has 11 rings (SSSR count). The molecule has 246 valence electrons. The highest BCUT2D eigenvalue weighted by atomic mass is 16.3. The number of benzene rings is 9. The van der Waals surface area contributed by atoms with Gasteiger partial charge in [0.1, 0.15) is 11.2 Å². The van der Waals surface area contributed by atoms with E-state index in [9.17, 15) is 0 Å². The van der Waals surface area contributed by atoms with Crippen LogP contribution in [0.1, 0.15) is 0 Å². The molecular weight excluding hydrogens is 645 g/mol. The molecule has 0 saturated heterocycles. The standard InChI is InChI=1S/C50H30N2O/c1-2-13-43-39(11-1)41-26-25-35(30-46(41)49-48(43)51-27-28-52-49)34-10-5-9-33(29-34)31-21-23-32(24-22-31)36-14-6-16-38-37(36)15-7-17-40(38)44-18-8-19-45-42-12-3-4-20-47(42)53-50(44)45/h1-30H. The van der Waals surface area contributed by atoms with Crippen molar-refractivity contribution < 1.29 is 4.42 Å². The van der Waals surface area contributed by atoms with Gasteiger partial charge in [-0.05, 0) is 78.7 Å². The summed E-state index contributed by atoms with van der Waals surface area (Å²) in [6.45, 7) is 0. The van der Waals surface area contributed by atoms with Crippen molar-refractivity contribution in [3.63, 3.8) is 0 Å². The Hall–Kier alpha value is -7.10. The largest absolute Gasteiger partial charge is 0.455 e. The molecule has 3 nitrogen and oxygen atoms in total. The summed E-state index contributed by atoms with van der Waals surface area (Å²) in [6, 6.07) is 60.9. The third-order valence-corrected chi connectivity index (χ3v) is 10.8. The van der Waals surface area contributed by atoms with Gasteiger partial charge in [-0.25, -0.2) is 0 Å². The SMILES string of the molecule is c1cc(-c2ccc(-c3cccc4c(-c5cccc6c5oc5ccccc56)cccc34)cc2)cc(-c2ccc3c4ccccc4c4nccnc4c3c2)c1. The van der Waals surface area contributed by atoms with Gasteiger partial charge in [-0.3, -0.25) is 9.97 Å². The molecule has 11 aromatic rings. The van der Waals surface area contributed by atoms with Gasteiger partial charge in [-0.1, -0.05) is 152 Å². The fourth-order valence-corrected chi connectivity index (χ4v) is 8.29. The van der Waals surface area contributed by atoms with Gasteiger partial charge in [0, 0.05) is 39.5 Å². The Morgan fingerprint density at radius 3 is 1.64 bits per heavy atom. The lowest BCUT2D eigenvalue weighted by Crippen LogP contribution is -1.89. The van der Waals surface area contributed by atoms with Gasteiger partial charge in [0.15, 0.2) is 0 Å². The zero-order valence-corrected chi connectivity index (χ0v) is 28.6. The Balaban J connectivity index is 0.966. The highest BCUT2D eigenvalue weighted by Gasteiger charge is 2.16. The van der Waals surface area contributed by atoms with Crippen molar-refractivity contribution in [3.8, 4) is 44.5 Å². The third kappa shape index (κ3) is 4.68. The molecular formula is C50H30N2O. The summed E-state index contributed by atoms with van der Waals surface area (Å²) in [5.41, 5.74) is 13.1. The first-order valence-corrected chi connectivity index (χ1v) is 18.0. The van der Waals surface area contributed by atoms with Crippen molar-refractivity contribution in [2.75, 3.05) is 0 Å². The van der Waals surface area contributed by atoms with Crippen molar-refractivity contribution in [1.29, 1.82) is 0 Å². The normalized spacial score (nSPS) is 11.8. The maximum Gasteiger partial charge on any atom is 0.143 e.